The molecule has 0 saturated carbocycles. The van der Waals surface area contributed by atoms with Gasteiger partial charge in [-0.25, -0.2) is 4.79 Å². The van der Waals surface area contributed by atoms with E-state index in [1.807, 2.05) is 75.8 Å². The minimum absolute atomic E-state index is 0.210. The highest BCUT2D eigenvalue weighted by molar-refractivity contribution is 7.99. The molecule has 0 aliphatic rings. The van der Waals surface area contributed by atoms with Gasteiger partial charge in [0, 0.05) is 11.3 Å². The van der Waals surface area contributed by atoms with Gasteiger partial charge in [0.2, 0.25) is 0 Å². The minimum Gasteiger partial charge on any atom is -0.480 e. The lowest BCUT2D eigenvalue weighted by Gasteiger charge is -2.19. The summed E-state index contributed by atoms with van der Waals surface area (Å²) < 4.78 is 12.5. The molecule has 3 rings (SSSR count). The summed E-state index contributed by atoms with van der Waals surface area (Å²) in [5.41, 5.74) is 4.04. The molecule has 216 valence electrons. The van der Waals surface area contributed by atoms with Gasteiger partial charge in [-0.3, -0.25) is 4.79 Å². The molecule has 9 heteroatoms. The van der Waals surface area contributed by atoms with Crippen LogP contribution in [0.3, 0.4) is 0 Å². The molecule has 1 aromatic heterocycles. The predicted octanol–water partition coefficient (Wildman–Crippen LogP) is 6.26. The van der Waals surface area contributed by atoms with E-state index in [1.165, 1.54) is 0 Å². The van der Waals surface area contributed by atoms with Crippen molar-refractivity contribution in [3.63, 3.8) is 0 Å². The number of carboxylic acid groups (broad SMARTS) is 1. The largest absolute Gasteiger partial charge is 0.480 e. The molecule has 0 saturated heterocycles. The van der Waals surface area contributed by atoms with Crippen LogP contribution in [0.5, 0.6) is 0 Å². The van der Waals surface area contributed by atoms with Crippen LogP contribution >= 0.6 is 23.5 Å². The fourth-order valence-electron chi connectivity index (χ4n) is 4.30. The van der Waals surface area contributed by atoms with Crippen molar-refractivity contribution in [1.82, 2.24) is 10.2 Å². The van der Waals surface area contributed by atoms with Crippen molar-refractivity contribution in [1.29, 1.82) is 0 Å². The number of furan rings is 1. The second kappa shape index (κ2) is 15.9. The van der Waals surface area contributed by atoms with Crippen LogP contribution in [-0.2, 0) is 22.7 Å². The zero-order valence-corrected chi connectivity index (χ0v) is 25.6. The fourth-order valence-corrected chi connectivity index (χ4v) is 5.49. The van der Waals surface area contributed by atoms with Crippen LogP contribution in [0.15, 0.2) is 59.0 Å². The van der Waals surface area contributed by atoms with Gasteiger partial charge < -0.3 is 24.5 Å². The smallest absolute Gasteiger partial charge is 0.326 e. The van der Waals surface area contributed by atoms with Gasteiger partial charge in [-0.05, 0) is 91.7 Å². The van der Waals surface area contributed by atoms with Crippen LogP contribution < -0.4 is 5.32 Å². The lowest BCUT2D eigenvalue weighted by molar-refractivity contribution is -0.139. The second-order valence-corrected chi connectivity index (χ2v) is 12.1. The summed E-state index contributed by atoms with van der Waals surface area (Å²) in [6.07, 6.45) is 2.06. The molecule has 0 unspecified atom stereocenters. The number of nitrogens with zero attached hydrogens (tertiary/aromatic N) is 1. The lowest BCUT2D eigenvalue weighted by atomic mass is 9.93. The molecule has 1 heterocycles. The lowest BCUT2D eigenvalue weighted by Crippen LogP contribution is -2.41. The van der Waals surface area contributed by atoms with Crippen molar-refractivity contribution in [2.45, 2.75) is 45.6 Å². The molecule has 2 aromatic carbocycles. The Balaban J connectivity index is 1.88. The third-order valence-electron chi connectivity index (χ3n) is 6.37. The predicted molar refractivity (Wildman–Crippen MR) is 165 cm³/mol. The third kappa shape index (κ3) is 9.16. The van der Waals surface area contributed by atoms with E-state index in [1.54, 1.807) is 29.6 Å². The van der Waals surface area contributed by atoms with Crippen LogP contribution in [-0.4, -0.2) is 65.5 Å². The zero-order valence-electron chi connectivity index (χ0n) is 23.9. The monoisotopic (exact) mass is 584 g/mol. The number of carboxylic acids is 1. The number of hydrogen-bond donors (Lipinski definition) is 2. The van der Waals surface area contributed by atoms with Crippen molar-refractivity contribution in [2.24, 2.45) is 0 Å². The molecule has 40 heavy (non-hydrogen) atoms. The Hall–Kier alpha value is -2.72. The van der Waals surface area contributed by atoms with E-state index in [9.17, 15) is 14.7 Å². The summed E-state index contributed by atoms with van der Waals surface area (Å²) >= 11 is 3.34. The summed E-state index contributed by atoms with van der Waals surface area (Å²) in [6, 6.07) is 16.5. The van der Waals surface area contributed by atoms with Gasteiger partial charge in [0.25, 0.3) is 5.91 Å². The van der Waals surface area contributed by atoms with Gasteiger partial charge in [0.05, 0.1) is 13.2 Å². The average Bonchev–Trinajstić information content (AvgIpc) is 3.38. The number of thioether (sulfide) groups is 2. The van der Waals surface area contributed by atoms with E-state index in [4.69, 9.17) is 9.15 Å². The van der Waals surface area contributed by atoms with Crippen molar-refractivity contribution >= 4 is 35.4 Å². The molecule has 0 radical (unpaired) electrons. The van der Waals surface area contributed by atoms with Crippen LogP contribution in [0.1, 0.15) is 52.5 Å². The molecule has 1 amide bonds. The molecule has 2 N–H and O–H groups in total. The van der Waals surface area contributed by atoms with E-state index in [0.717, 1.165) is 51.8 Å². The Bertz CT molecular complexity index is 1260. The van der Waals surface area contributed by atoms with E-state index in [0.29, 0.717) is 24.3 Å². The first-order chi connectivity index (χ1) is 19.2. The first kappa shape index (κ1) is 31.8. The van der Waals surface area contributed by atoms with E-state index >= 15 is 0 Å². The molecule has 0 spiro atoms. The highest BCUT2D eigenvalue weighted by Crippen LogP contribution is 2.30. The number of carbonyl (C=O) groups is 2. The Kier molecular flexibility index (Phi) is 12.6. The minimum atomic E-state index is -1.03. The van der Waals surface area contributed by atoms with Crippen molar-refractivity contribution in [3.05, 3.63) is 82.8 Å². The first-order valence-electron chi connectivity index (χ1n) is 13.4. The van der Waals surface area contributed by atoms with E-state index in [2.05, 4.69) is 17.1 Å². The van der Waals surface area contributed by atoms with Crippen LogP contribution in [0.25, 0.3) is 11.1 Å². The Morgan fingerprint density at radius 2 is 1.88 bits per heavy atom. The van der Waals surface area contributed by atoms with Gasteiger partial charge in [-0.1, -0.05) is 37.3 Å². The molecule has 7 nitrogen and oxygen atoms in total. The highest BCUT2D eigenvalue weighted by Gasteiger charge is 2.23. The number of carbonyl (C=O) groups excluding carboxylic acids is 1. The molecule has 0 bridgehead atoms. The number of hydrogen-bond acceptors (Lipinski definition) is 7. The number of rotatable bonds is 16. The van der Waals surface area contributed by atoms with Crippen LogP contribution in [0.2, 0.25) is 0 Å². The Morgan fingerprint density at radius 1 is 1.10 bits per heavy atom. The number of benzene rings is 2. The normalized spacial score (nSPS) is 12.8. The Labute approximate surface area is 246 Å². The fraction of sp³-hybridized carbons (Fsp3) is 0.419. The van der Waals surface area contributed by atoms with Gasteiger partial charge in [0.15, 0.2) is 0 Å². The maximum absolute atomic E-state index is 13.4. The molecule has 3 aromatic rings. The Morgan fingerprint density at radius 3 is 2.55 bits per heavy atom. The molecule has 2 atom stereocenters. The maximum Gasteiger partial charge on any atom is 0.326 e. The topological polar surface area (TPSA) is 92.0 Å². The standard InChI is InChI=1S/C31H40N2O5S2/c1-6-40-20-29(28-14-12-23(38-28)18-33(3)4)37-19-22-11-13-25(26(17-22)24-10-8-7-9-21(24)2)30(34)32-27(31(35)36)15-16-39-5/h7-14,17,27,29H,6,15-16,18-20H2,1-5H3,(H,32,34)(H,35,36)/t27-,29-/m0/s1. The number of aliphatic carboxylic acids is 1. The highest BCUT2D eigenvalue weighted by atomic mass is 32.2. The van der Waals surface area contributed by atoms with E-state index < -0.39 is 17.9 Å². The van der Waals surface area contributed by atoms with Gasteiger partial charge >= 0.3 is 5.97 Å². The van der Waals surface area contributed by atoms with Crippen molar-refractivity contribution in [2.75, 3.05) is 37.6 Å². The zero-order chi connectivity index (χ0) is 29.1. The number of aryl methyl sites for hydroxylation is 1. The van der Waals surface area contributed by atoms with Gasteiger partial charge in [-0.2, -0.15) is 23.5 Å². The second-order valence-electron chi connectivity index (χ2n) is 9.84. The molecular formula is C31H40N2O5S2. The average molecular weight is 585 g/mol. The van der Waals surface area contributed by atoms with Crippen molar-refractivity contribution in [3.8, 4) is 11.1 Å². The number of amides is 1. The number of ether oxygens (including phenoxy) is 1. The number of nitrogens with one attached hydrogen (secondary N) is 1. The van der Waals surface area contributed by atoms with Crippen LogP contribution in [0.4, 0.5) is 0 Å². The quantitative estimate of drug-likeness (QED) is 0.204. The summed E-state index contributed by atoms with van der Waals surface area (Å²) in [5.74, 6) is 2.64. The summed E-state index contributed by atoms with van der Waals surface area (Å²) in [7, 11) is 4.01. The van der Waals surface area contributed by atoms with Gasteiger partial charge in [-0.15, -0.1) is 0 Å². The van der Waals surface area contributed by atoms with Crippen LogP contribution in [0, 0.1) is 6.92 Å². The van der Waals surface area contributed by atoms with E-state index in [-0.39, 0.29) is 6.10 Å². The molecule has 0 aliphatic heterocycles. The SMILES string of the molecule is CCSC[C@H](OCc1ccc(C(=O)N[C@@H](CCSC)C(=O)O)c(-c2ccccc2C)c1)c1ccc(CN(C)C)o1. The van der Waals surface area contributed by atoms with Gasteiger partial charge in [0.1, 0.15) is 23.7 Å². The summed E-state index contributed by atoms with van der Waals surface area (Å²) in [5, 5.41) is 12.4. The maximum atomic E-state index is 13.4. The summed E-state index contributed by atoms with van der Waals surface area (Å²) in [4.78, 5) is 27.2. The first-order valence-corrected chi connectivity index (χ1v) is 15.9. The third-order valence-corrected chi connectivity index (χ3v) is 7.96. The molecule has 0 aliphatic carbocycles. The molecule has 0 fully saturated rings. The van der Waals surface area contributed by atoms with Crippen molar-refractivity contribution < 1.29 is 23.8 Å². The summed E-state index contributed by atoms with van der Waals surface area (Å²) in [6.45, 7) is 5.18. The molecular weight excluding hydrogens is 544 g/mol.